The van der Waals surface area contributed by atoms with E-state index in [2.05, 4.69) is 0 Å². The smallest absolute Gasteiger partial charge is 0.227 e. The molecule has 0 bridgehead atoms. The summed E-state index contributed by atoms with van der Waals surface area (Å²) >= 11 is 0. The van der Waals surface area contributed by atoms with Crippen LogP contribution in [0, 0.1) is 5.92 Å². The Morgan fingerprint density at radius 3 is 2.19 bits per heavy atom. The lowest BCUT2D eigenvalue weighted by Crippen LogP contribution is -2.42. The van der Waals surface area contributed by atoms with E-state index >= 15 is 0 Å². The summed E-state index contributed by atoms with van der Waals surface area (Å²) in [6.07, 6.45) is 0.800. The van der Waals surface area contributed by atoms with Crippen LogP contribution in [0.5, 0.6) is 5.75 Å². The Kier molecular flexibility index (Phi) is 9.17. The van der Waals surface area contributed by atoms with Gasteiger partial charge in [-0.3, -0.25) is 4.79 Å². The van der Waals surface area contributed by atoms with Crippen molar-refractivity contribution in [1.82, 2.24) is 4.90 Å². The van der Waals surface area contributed by atoms with Crippen LogP contribution in [0.1, 0.15) is 25.0 Å². The van der Waals surface area contributed by atoms with Crippen LogP contribution in [0.2, 0.25) is 0 Å². The fourth-order valence-corrected chi connectivity index (χ4v) is 2.64. The largest absolute Gasteiger partial charge is 0.497 e. The zero-order chi connectivity index (χ0) is 18.2. The van der Waals surface area contributed by atoms with Gasteiger partial charge in [-0.2, -0.15) is 0 Å². The summed E-state index contributed by atoms with van der Waals surface area (Å²) in [5.74, 6) is 0.749. The maximum absolute atomic E-state index is 12.8. The third-order valence-corrected chi connectivity index (χ3v) is 4.54. The Hall–Kier alpha value is -2.04. The predicted molar refractivity (Wildman–Crippen MR) is 109 cm³/mol. The lowest BCUT2D eigenvalue weighted by molar-refractivity contribution is -0.136. The van der Waals surface area contributed by atoms with E-state index in [4.69, 9.17) is 10.5 Å². The first kappa shape index (κ1) is 22.0. The molecule has 2 unspecified atom stereocenters. The number of benzene rings is 2. The number of ether oxygens (including phenoxy) is 1. The zero-order valence-electron chi connectivity index (χ0n) is 15.7. The van der Waals surface area contributed by atoms with Crippen molar-refractivity contribution in [3.8, 4) is 5.75 Å². The molecule has 1 amide bonds. The summed E-state index contributed by atoms with van der Waals surface area (Å²) in [7, 11) is 1.66. The molecule has 5 heteroatoms. The average Bonchev–Trinajstić information content (AvgIpc) is 2.65. The van der Waals surface area contributed by atoms with E-state index in [9.17, 15) is 4.79 Å². The Morgan fingerprint density at radius 2 is 1.65 bits per heavy atom. The quantitative estimate of drug-likeness (QED) is 0.764. The van der Waals surface area contributed by atoms with Gasteiger partial charge in [-0.1, -0.05) is 49.4 Å². The van der Waals surface area contributed by atoms with Crippen LogP contribution in [-0.2, 0) is 17.8 Å². The summed E-state index contributed by atoms with van der Waals surface area (Å²) in [5.41, 5.74) is 8.25. The van der Waals surface area contributed by atoms with Crippen molar-refractivity contribution in [2.45, 2.75) is 32.9 Å². The molecule has 4 nitrogen and oxygen atoms in total. The zero-order valence-corrected chi connectivity index (χ0v) is 16.5. The third-order valence-electron chi connectivity index (χ3n) is 4.54. The van der Waals surface area contributed by atoms with Crippen molar-refractivity contribution in [3.63, 3.8) is 0 Å². The van der Waals surface area contributed by atoms with Gasteiger partial charge in [0, 0.05) is 19.1 Å². The molecule has 0 saturated heterocycles. The number of carbonyl (C=O) groups is 1. The molecule has 142 valence electrons. The highest BCUT2D eigenvalue weighted by molar-refractivity contribution is 5.85. The van der Waals surface area contributed by atoms with Crippen LogP contribution >= 0.6 is 12.4 Å². The number of amides is 1. The van der Waals surface area contributed by atoms with Gasteiger partial charge in [-0.05, 0) is 36.6 Å². The van der Waals surface area contributed by atoms with E-state index in [0.717, 1.165) is 17.7 Å². The fraction of sp³-hybridized carbons (Fsp3) is 0.381. The van der Waals surface area contributed by atoms with Gasteiger partial charge in [-0.15, -0.1) is 12.4 Å². The maximum Gasteiger partial charge on any atom is 0.227 e. The lowest BCUT2D eigenvalue weighted by atomic mass is 10.0. The van der Waals surface area contributed by atoms with Crippen molar-refractivity contribution in [2.24, 2.45) is 11.7 Å². The summed E-state index contributed by atoms with van der Waals surface area (Å²) in [6.45, 7) is 5.05. The lowest BCUT2D eigenvalue weighted by Gasteiger charge is -2.27. The minimum atomic E-state index is -0.195. The number of rotatable bonds is 8. The average molecular weight is 377 g/mol. The van der Waals surface area contributed by atoms with Gasteiger partial charge in [0.05, 0.1) is 13.0 Å². The number of hydrogen-bond acceptors (Lipinski definition) is 3. The highest BCUT2D eigenvalue weighted by Gasteiger charge is 2.23. The minimum absolute atomic E-state index is 0. The van der Waals surface area contributed by atoms with E-state index in [0.29, 0.717) is 13.1 Å². The van der Waals surface area contributed by atoms with Gasteiger partial charge in [0.1, 0.15) is 5.75 Å². The molecule has 2 N–H and O–H groups in total. The highest BCUT2D eigenvalue weighted by atomic mass is 35.5. The molecule has 0 aliphatic carbocycles. The fourth-order valence-electron chi connectivity index (χ4n) is 2.64. The van der Waals surface area contributed by atoms with E-state index in [-0.39, 0.29) is 30.3 Å². The van der Waals surface area contributed by atoms with E-state index in [1.165, 1.54) is 5.56 Å². The topological polar surface area (TPSA) is 55.6 Å². The molecule has 2 aromatic rings. The molecular formula is C21H29ClN2O2. The Labute approximate surface area is 162 Å². The number of hydrogen-bond donors (Lipinski definition) is 1. The summed E-state index contributed by atoms with van der Waals surface area (Å²) < 4.78 is 5.19. The molecule has 0 heterocycles. The number of halogens is 1. The molecule has 0 aliphatic heterocycles. The number of nitrogens with two attached hydrogens (primary N) is 1. The van der Waals surface area contributed by atoms with Crippen LogP contribution in [0.4, 0.5) is 0 Å². The van der Waals surface area contributed by atoms with Crippen molar-refractivity contribution in [3.05, 3.63) is 65.7 Å². The predicted octanol–water partition coefficient (Wildman–Crippen LogP) is 3.67. The number of carbonyl (C=O) groups excluding carboxylic acids is 1. The summed E-state index contributed by atoms with van der Waals surface area (Å²) in [5, 5.41) is 0. The molecule has 0 aliphatic rings. The van der Waals surface area contributed by atoms with Crippen LogP contribution in [0.3, 0.4) is 0 Å². The second-order valence-corrected chi connectivity index (χ2v) is 6.49. The first-order valence-corrected chi connectivity index (χ1v) is 8.72. The van der Waals surface area contributed by atoms with Gasteiger partial charge in [0.15, 0.2) is 0 Å². The van der Waals surface area contributed by atoms with Crippen LogP contribution in [-0.4, -0.2) is 30.5 Å². The van der Waals surface area contributed by atoms with E-state index in [1.54, 1.807) is 7.11 Å². The molecule has 26 heavy (non-hydrogen) atoms. The van der Waals surface area contributed by atoms with Crippen LogP contribution in [0.15, 0.2) is 54.6 Å². The van der Waals surface area contributed by atoms with Crippen molar-refractivity contribution in [1.29, 1.82) is 0 Å². The first-order chi connectivity index (χ1) is 12.0. The number of methoxy groups -OCH3 is 1. The van der Waals surface area contributed by atoms with Gasteiger partial charge in [0.25, 0.3) is 0 Å². The molecule has 0 spiro atoms. The Bertz CT molecular complexity index is 659. The third kappa shape index (κ3) is 6.36. The molecule has 0 aromatic heterocycles. The van der Waals surface area contributed by atoms with Crippen molar-refractivity contribution < 1.29 is 9.53 Å². The molecule has 2 atom stereocenters. The van der Waals surface area contributed by atoms with Gasteiger partial charge >= 0.3 is 0 Å². The van der Waals surface area contributed by atoms with E-state index < -0.39 is 0 Å². The van der Waals surface area contributed by atoms with Gasteiger partial charge < -0.3 is 15.4 Å². The highest BCUT2D eigenvalue weighted by Crippen LogP contribution is 2.15. The second-order valence-electron chi connectivity index (χ2n) is 6.49. The molecule has 0 radical (unpaired) electrons. The molecule has 0 fully saturated rings. The second kappa shape index (κ2) is 10.8. The normalized spacial score (nSPS) is 12.6. The molecule has 2 rings (SSSR count). The Morgan fingerprint density at radius 1 is 1.04 bits per heavy atom. The molecular weight excluding hydrogens is 348 g/mol. The van der Waals surface area contributed by atoms with Crippen molar-refractivity contribution in [2.75, 3.05) is 13.7 Å². The van der Waals surface area contributed by atoms with Crippen molar-refractivity contribution >= 4 is 18.3 Å². The van der Waals surface area contributed by atoms with Crippen LogP contribution in [0.25, 0.3) is 0 Å². The summed E-state index contributed by atoms with van der Waals surface area (Å²) in [4.78, 5) is 14.7. The van der Waals surface area contributed by atoms with Gasteiger partial charge in [-0.25, -0.2) is 0 Å². The molecule has 2 aromatic carbocycles. The maximum atomic E-state index is 12.8. The first-order valence-electron chi connectivity index (χ1n) is 8.72. The van der Waals surface area contributed by atoms with Gasteiger partial charge in [0.2, 0.25) is 5.91 Å². The number of nitrogens with zero attached hydrogens (tertiary/aromatic N) is 1. The Balaban J connectivity index is 0.00000338. The van der Waals surface area contributed by atoms with Crippen LogP contribution < -0.4 is 10.5 Å². The van der Waals surface area contributed by atoms with E-state index in [1.807, 2.05) is 73.3 Å². The minimum Gasteiger partial charge on any atom is -0.497 e. The summed E-state index contributed by atoms with van der Waals surface area (Å²) in [6, 6.07) is 17.9. The SMILES string of the molecule is COc1ccc(CCN(Cc2ccccc2)C(=O)C(C)C(C)N)cc1.Cl. The monoisotopic (exact) mass is 376 g/mol. The standard InChI is InChI=1S/C21H28N2O2.ClH/c1-16(17(2)22)21(24)23(15-19-7-5-4-6-8-19)14-13-18-9-11-20(25-3)12-10-18;/h4-12,16-17H,13-15,22H2,1-3H3;1H. The molecule has 0 saturated carbocycles.